The molecule has 2 aliphatic heterocycles. The van der Waals surface area contributed by atoms with Crippen molar-refractivity contribution in [1.82, 2.24) is 9.55 Å². The number of aromatic nitrogens is 2. The van der Waals surface area contributed by atoms with E-state index in [9.17, 15) is 14.2 Å². The van der Waals surface area contributed by atoms with Crippen molar-refractivity contribution in [3.63, 3.8) is 0 Å². The van der Waals surface area contributed by atoms with Crippen LogP contribution in [0.15, 0.2) is 15.8 Å². The normalized spacial score (nSPS) is 33.0. The number of hydrogen-bond acceptors (Lipinski definition) is 9. The largest absolute Gasteiger partial charge is 0.379 e. The highest BCUT2D eigenvalue weighted by atomic mass is 127. The molecule has 0 aliphatic carbocycles. The number of hydrogen-bond donors (Lipinski definition) is 1. The zero-order valence-corrected chi connectivity index (χ0v) is 24.7. The van der Waals surface area contributed by atoms with Gasteiger partial charge in [-0.15, -0.1) is 0 Å². The van der Waals surface area contributed by atoms with Crippen molar-refractivity contribution in [2.75, 3.05) is 30.5 Å². The lowest BCUT2D eigenvalue weighted by molar-refractivity contribution is -0.0100. The van der Waals surface area contributed by atoms with Crippen LogP contribution in [0.1, 0.15) is 31.6 Å². The molecule has 0 aromatic carbocycles. The van der Waals surface area contributed by atoms with E-state index in [4.69, 9.17) is 34.9 Å². The Hall–Kier alpha value is 0.155. The second kappa shape index (κ2) is 11.7. The minimum absolute atomic E-state index is 0.00547. The summed E-state index contributed by atoms with van der Waals surface area (Å²) < 4.78 is 44.8. The summed E-state index contributed by atoms with van der Waals surface area (Å²) in [4.78, 5) is 26.2. The van der Waals surface area contributed by atoms with Gasteiger partial charge in [0.05, 0.1) is 31.2 Å². The Labute approximate surface area is 219 Å². The standard InChI is InChI=1S/C19H32BIN2O8P2S/c1-5-32(3,34)30-12-6-16(20)28-15(12)10-27-33(4,26)31-13-7-17(29-14(13)8-21)23-9-11(2)18(24)22-19(23)25/h9,12-17H,5-8,10,20H2,1-4H3,(H,22,24,25). The minimum atomic E-state index is -3.48. The lowest BCUT2D eigenvalue weighted by Gasteiger charge is -2.26. The first-order valence-electron chi connectivity index (χ1n) is 11.2. The van der Waals surface area contributed by atoms with Crippen molar-refractivity contribution >= 4 is 56.1 Å². The van der Waals surface area contributed by atoms with Crippen LogP contribution in [0.2, 0.25) is 0 Å². The van der Waals surface area contributed by atoms with Crippen molar-refractivity contribution in [3.8, 4) is 0 Å². The monoisotopic (exact) mass is 648 g/mol. The van der Waals surface area contributed by atoms with Gasteiger partial charge in [0.2, 0.25) is 0 Å². The molecule has 8 unspecified atom stereocenters. The Bertz CT molecular complexity index is 1090. The molecule has 1 aromatic heterocycles. The fourth-order valence-corrected chi connectivity index (χ4v) is 7.19. The van der Waals surface area contributed by atoms with Crippen molar-refractivity contribution in [2.24, 2.45) is 0 Å². The summed E-state index contributed by atoms with van der Waals surface area (Å²) in [5.74, 6) is 0. The number of alkyl halides is 1. The van der Waals surface area contributed by atoms with Gasteiger partial charge in [-0.2, -0.15) is 0 Å². The second-order valence-corrected chi connectivity index (χ2v) is 17.0. The lowest BCUT2D eigenvalue weighted by Crippen LogP contribution is -2.33. The maximum Gasteiger partial charge on any atom is 0.330 e. The van der Waals surface area contributed by atoms with Crippen LogP contribution >= 0.6 is 36.5 Å². The molecule has 0 spiro atoms. The van der Waals surface area contributed by atoms with E-state index in [0.717, 1.165) is 6.16 Å². The highest BCUT2D eigenvalue weighted by molar-refractivity contribution is 14.1. The molecule has 2 fully saturated rings. The maximum atomic E-state index is 13.2. The van der Waals surface area contributed by atoms with Gasteiger partial charge in [-0.05, 0) is 26.2 Å². The Morgan fingerprint density at radius 2 is 1.91 bits per heavy atom. The molecule has 0 radical (unpaired) electrons. The molecule has 15 heteroatoms. The molecule has 192 valence electrons. The summed E-state index contributed by atoms with van der Waals surface area (Å²) in [7, 11) is -1.51. The number of aromatic amines is 1. The Balaban J connectivity index is 1.64. The smallest absolute Gasteiger partial charge is 0.330 e. The topological polar surface area (TPSA) is 118 Å². The Kier molecular flexibility index (Phi) is 9.87. The van der Waals surface area contributed by atoms with E-state index < -0.39 is 43.5 Å². The van der Waals surface area contributed by atoms with Crippen LogP contribution in [0, 0.1) is 6.92 Å². The molecule has 3 rings (SSSR count). The third kappa shape index (κ3) is 7.35. The van der Waals surface area contributed by atoms with Gasteiger partial charge in [0.1, 0.15) is 20.2 Å². The van der Waals surface area contributed by atoms with Crippen molar-refractivity contribution in [3.05, 3.63) is 32.6 Å². The Morgan fingerprint density at radius 1 is 1.24 bits per heavy atom. The third-order valence-corrected chi connectivity index (χ3v) is 10.9. The van der Waals surface area contributed by atoms with Gasteiger partial charge < -0.3 is 23.0 Å². The lowest BCUT2D eigenvalue weighted by atomic mass is 9.96. The molecule has 2 aliphatic rings. The summed E-state index contributed by atoms with van der Waals surface area (Å²) in [6, 6.07) is -0.00547. The van der Waals surface area contributed by atoms with Gasteiger partial charge >= 0.3 is 13.3 Å². The van der Waals surface area contributed by atoms with E-state index in [0.29, 0.717) is 16.4 Å². The molecule has 3 heterocycles. The quantitative estimate of drug-likeness (QED) is 0.176. The van der Waals surface area contributed by atoms with E-state index in [-0.39, 0.29) is 31.2 Å². The van der Waals surface area contributed by atoms with Crippen LogP contribution in [-0.4, -0.2) is 78.3 Å². The van der Waals surface area contributed by atoms with Crippen molar-refractivity contribution < 1.29 is 27.6 Å². The van der Waals surface area contributed by atoms with E-state index in [1.807, 2.05) is 21.4 Å². The summed E-state index contributed by atoms with van der Waals surface area (Å²) in [5, 5.41) is 0. The van der Waals surface area contributed by atoms with E-state index in [1.165, 1.54) is 17.4 Å². The molecule has 1 aromatic rings. The summed E-state index contributed by atoms with van der Waals surface area (Å²) >= 11 is 7.74. The van der Waals surface area contributed by atoms with E-state index in [2.05, 4.69) is 27.6 Å². The van der Waals surface area contributed by atoms with Crippen LogP contribution in [0.5, 0.6) is 0 Å². The number of aryl methyl sites for hydroxylation is 1. The average molecular weight is 648 g/mol. The molecule has 0 amide bonds. The van der Waals surface area contributed by atoms with Crippen molar-refractivity contribution in [1.29, 1.82) is 0 Å². The van der Waals surface area contributed by atoms with Crippen LogP contribution < -0.4 is 11.2 Å². The fraction of sp³-hybridized carbons (Fsp3) is 0.789. The fourth-order valence-electron chi connectivity index (χ4n) is 3.95. The molecule has 34 heavy (non-hydrogen) atoms. The number of nitrogens with one attached hydrogen (secondary N) is 1. The molecule has 10 nitrogen and oxygen atoms in total. The first-order chi connectivity index (χ1) is 15.8. The number of nitrogens with zero attached hydrogens (tertiary/aromatic N) is 1. The highest BCUT2D eigenvalue weighted by Gasteiger charge is 2.42. The van der Waals surface area contributed by atoms with Crippen LogP contribution in [0.3, 0.4) is 0 Å². The first-order valence-corrected chi connectivity index (χ1v) is 18.0. The zero-order valence-electron chi connectivity index (χ0n) is 20.0. The molecular weight excluding hydrogens is 616 g/mol. The van der Waals surface area contributed by atoms with Gasteiger partial charge in [-0.1, -0.05) is 41.3 Å². The predicted molar refractivity (Wildman–Crippen MR) is 145 cm³/mol. The molecule has 0 saturated carbocycles. The van der Waals surface area contributed by atoms with E-state index >= 15 is 0 Å². The van der Waals surface area contributed by atoms with Gasteiger partial charge in [-0.3, -0.25) is 18.9 Å². The van der Waals surface area contributed by atoms with Gasteiger partial charge in [0.15, 0.2) is 0 Å². The third-order valence-electron chi connectivity index (χ3n) is 5.91. The van der Waals surface area contributed by atoms with E-state index in [1.54, 1.807) is 6.92 Å². The van der Waals surface area contributed by atoms with Gasteiger partial charge in [0, 0.05) is 35.3 Å². The maximum absolute atomic E-state index is 13.2. The number of rotatable bonds is 10. The second-order valence-electron chi connectivity index (χ2n) is 8.90. The molecule has 2 saturated heterocycles. The average Bonchev–Trinajstić information content (AvgIpc) is 3.30. The summed E-state index contributed by atoms with van der Waals surface area (Å²) in [6.45, 7) is 7.08. The first kappa shape index (κ1) is 28.7. The van der Waals surface area contributed by atoms with Crippen LogP contribution in [0.4, 0.5) is 0 Å². The zero-order chi connectivity index (χ0) is 25.3. The summed E-state index contributed by atoms with van der Waals surface area (Å²) in [6.07, 6.45) is -0.829. The Morgan fingerprint density at radius 3 is 2.56 bits per heavy atom. The van der Waals surface area contributed by atoms with Gasteiger partial charge in [0.25, 0.3) is 5.56 Å². The van der Waals surface area contributed by atoms with Crippen LogP contribution in [0.25, 0.3) is 0 Å². The van der Waals surface area contributed by atoms with Crippen LogP contribution in [-0.2, 0) is 39.4 Å². The summed E-state index contributed by atoms with van der Waals surface area (Å²) in [5.41, 5.74) is -0.606. The minimum Gasteiger partial charge on any atom is -0.379 e. The molecule has 8 atom stereocenters. The molecular formula is C19H32BIN2O8P2S. The number of H-pyrrole nitrogens is 1. The van der Waals surface area contributed by atoms with Gasteiger partial charge in [-0.25, -0.2) is 4.79 Å². The number of ether oxygens (including phenoxy) is 2. The SMILES string of the molecule is BC1CC(OP(C)(=S)CC)C(COP(C)(=O)OC2CC(n3cc(C)c(=O)[nH]c3=O)OC2CI)O1. The molecule has 1 N–H and O–H groups in total. The highest BCUT2D eigenvalue weighted by Crippen LogP contribution is 2.50. The predicted octanol–water partition coefficient (Wildman–Crippen LogP) is 1.97. The molecule has 0 bridgehead atoms. The number of halogens is 1. The van der Waals surface area contributed by atoms with Crippen molar-refractivity contribution in [2.45, 2.75) is 63.3 Å².